The molecular weight excluding hydrogens is 966 g/mol. The van der Waals surface area contributed by atoms with Gasteiger partial charge in [-0.15, -0.1) is 0 Å². The van der Waals surface area contributed by atoms with Gasteiger partial charge < -0.3 is 18.6 Å². The number of Topliss-reactive ketones (excluding diaryl/α,β-unsaturated/α-hetero) is 1. The number of aromatic nitrogens is 10. The first-order chi connectivity index (χ1) is 34.2. The van der Waals surface area contributed by atoms with Crippen LogP contribution in [0.3, 0.4) is 0 Å². The Balaban J connectivity index is 0.945. The fourth-order valence-electron chi connectivity index (χ4n) is 7.76. The normalized spacial score (nSPS) is 12.5. The van der Waals surface area contributed by atoms with E-state index < -0.39 is 11.8 Å². The molecule has 17 heteroatoms. The van der Waals surface area contributed by atoms with Crippen molar-refractivity contribution >= 4 is 86.7 Å². The highest BCUT2D eigenvalue weighted by Crippen LogP contribution is 2.35. The predicted octanol–water partition coefficient (Wildman–Crippen LogP) is 12.9. The Kier molecular flexibility index (Phi) is 13.7. The third-order valence-corrected chi connectivity index (χ3v) is 12.4. The largest absolute Gasteiger partial charge is 0.437 e. The molecule has 10 rings (SSSR count). The van der Waals surface area contributed by atoms with Crippen LogP contribution in [-0.4, -0.2) is 54.8 Å². The van der Waals surface area contributed by atoms with Gasteiger partial charge in [0.1, 0.15) is 34.5 Å². The summed E-state index contributed by atoms with van der Waals surface area (Å²) in [6.45, 7) is 0.945. The van der Waals surface area contributed by atoms with Crippen LogP contribution in [0.15, 0.2) is 171 Å². The lowest BCUT2D eigenvalue weighted by Gasteiger charge is -2.20. The summed E-state index contributed by atoms with van der Waals surface area (Å²) in [5.74, 6) is -0.0951. The third kappa shape index (κ3) is 10.4. The number of hydrogen-bond donors (Lipinski definition) is 0. The second kappa shape index (κ2) is 20.8. The highest BCUT2D eigenvalue weighted by molar-refractivity contribution is 6.32. The fraction of sp³-hybridized carbons (Fsp3) is 0.0755. The first-order valence-corrected chi connectivity index (χ1v) is 23.2. The van der Waals surface area contributed by atoms with Crippen molar-refractivity contribution in [3.63, 3.8) is 0 Å². The van der Waals surface area contributed by atoms with Crippen LogP contribution < -0.4 is 9.47 Å². The SMILES string of the molecule is O=C(C(/C=C/c1ccccc1Cl)c1ccc(Oc2ncnc3c2ncn3Cc2ccc(Cl)nc2)cc1)C(/C=C/c1ccccc1Cl)c1ccc(Oc2ncnc3c2ncn3Cc2ccc(Cl)nc2)cc1. The molecule has 0 aliphatic heterocycles. The minimum atomic E-state index is -0.751. The molecule has 0 saturated heterocycles. The third-order valence-electron chi connectivity index (χ3n) is 11.3. The number of ketones is 1. The number of hydrogen-bond acceptors (Lipinski definition) is 11. The van der Waals surface area contributed by atoms with Crippen LogP contribution in [0, 0.1) is 0 Å². The lowest BCUT2D eigenvalue weighted by molar-refractivity contribution is -0.120. The fourth-order valence-corrected chi connectivity index (χ4v) is 8.38. The molecule has 0 saturated carbocycles. The van der Waals surface area contributed by atoms with Crippen LogP contribution >= 0.6 is 46.4 Å². The van der Waals surface area contributed by atoms with Crippen LogP contribution in [-0.2, 0) is 17.9 Å². The summed E-state index contributed by atoms with van der Waals surface area (Å²) in [6, 6.07) is 36.8. The molecule has 0 aliphatic carbocycles. The van der Waals surface area contributed by atoms with Gasteiger partial charge >= 0.3 is 0 Å². The zero-order chi connectivity index (χ0) is 48.0. The first-order valence-electron chi connectivity index (χ1n) is 21.7. The molecule has 0 amide bonds. The number of imidazole rings is 2. The molecule has 0 radical (unpaired) electrons. The van der Waals surface area contributed by atoms with Crippen molar-refractivity contribution in [2.75, 3.05) is 0 Å². The number of rotatable bonds is 16. The smallest absolute Gasteiger partial charge is 0.250 e. The maximum Gasteiger partial charge on any atom is 0.250 e. The Hall–Kier alpha value is -7.81. The summed E-state index contributed by atoms with van der Waals surface area (Å²) in [5, 5.41) is 1.92. The predicted molar refractivity (Wildman–Crippen MR) is 272 cm³/mol. The number of benzene rings is 4. The average Bonchev–Trinajstić information content (AvgIpc) is 3.99. The molecule has 4 aromatic carbocycles. The van der Waals surface area contributed by atoms with Crippen molar-refractivity contribution < 1.29 is 14.3 Å². The van der Waals surface area contributed by atoms with Gasteiger partial charge in [0, 0.05) is 22.4 Å². The highest BCUT2D eigenvalue weighted by atomic mass is 35.5. The molecule has 70 heavy (non-hydrogen) atoms. The van der Waals surface area contributed by atoms with E-state index in [4.69, 9.17) is 55.9 Å². The monoisotopic (exact) mass is 1000 g/mol. The molecule has 10 aromatic rings. The van der Waals surface area contributed by atoms with Crippen molar-refractivity contribution in [3.05, 3.63) is 225 Å². The number of nitrogens with zero attached hydrogens (tertiary/aromatic N) is 10. The van der Waals surface area contributed by atoms with Gasteiger partial charge in [-0.3, -0.25) is 4.79 Å². The molecule has 6 heterocycles. The molecule has 0 N–H and O–H groups in total. The van der Waals surface area contributed by atoms with Gasteiger partial charge in [-0.2, -0.15) is 9.97 Å². The van der Waals surface area contributed by atoms with Crippen molar-refractivity contribution in [2.45, 2.75) is 24.9 Å². The summed E-state index contributed by atoms with van der Waals surface area (Å²) >= 11 is 25.2. The molecule has 344 valence electrons. The number of fused-ring (bicyclic) bond motifs is 2. The number of ether oxygens (including phenoxy) is 2. The molecule has 2 atom stereocenters. The van der Waals surface area contributed by atoms with E-state index in [9.17, 15) is 0 Å². The van der Waals surface area contributed by atoms with Crippen molar-refractivity contribution in [3.8, 4) is 23.3 Å². The van der Waals surface area contributed by atoms with Gasteiger partial charge in [-0.25, -0.2) is 29.9 Å². The second-order valence-electron chi connectivity index (χ2n) is 15.9. The number of carbonyl (C=O) groups is 1. The van der Waals surface area contributed by atoms with E-state index in [0.717, 1.165) is 22.3 Å². The zero-order valence-electron chi connectivity index (χ0n) is 36.6. The Morgan fingerprint density at radius 3 is 1.33 bits per heavy atom. The second-order valence-corrected chi connectivity index (χ2v) is 17.5. The van der Waals surface area contributed by atoms with Gasteiger partial charge in [0.05, 0.1) is 37.6 Å². The average molecular weight is 1000 g/mol. The number of halogens is 4. The van der Waals surface area contributed by atoms with E-state index >= 15 is 4.79 Å². The van der Waals surface area contributed by atoms with Gasteiger partial charge in [0.2, 0.25) is 0 Å². The molecule has 13 nitrogen and oxygen atoms in total. The van der Waals surface area contributed by atoms with Crippen molar-refractivity contribution in [2.24, 2.45) is 0 Å². The summed E-state index contributed by atoms with van der Waals surface area (Å²) in [5.41, 5.74) is 6.94. The minimum absolute atomic E-state index is 0.119. The van der Waals surface area contributed by atoms with Crippen LogP contribution in [0.4, 0.5) is 0 Å². The standard InChI is InChI=1S/C53H36Cl4N10O3/c54-43-7-3-1-5-37(43)15-21-41(35-11-17-39(18-12-35)69-52-47-50(60-29-62-52)66(31-64-47)27-33-9-23-45(56)58-25-33)49(68)42(22-16-38-6-2-4-8-44(38)55)36-13-19-40(20-14-36)70-53-48-51(61-30-63-53)67(32-65-48)28-34-10-24-46(57)59-26-34/h1-26,29-32,41-42H,27-28H2/b21-15+,22-16+. The van der Waals surface area contributed by atoms with Gasteiger partial charge in [-0.1, -0.05) is 144 Å². The Bertz CT molecular complexity index is 3300. The van der Waals surface area contributed by atoms with E-state index in [-0.39, 0.29) is 17.5 Å². The maximum absolute atomic E-state index is 15.3. The van der Waals surface area contributed by atoms with E-state index in [1.54, 1.807) is 61.4 Å². The lowest BCUT2D eigenvalue weighted by Crippen LogP contribution is -2.18. The van der Waals surface area contributed by atoms with Gasteiger partial charge in [0.25, 0.3) is 11.8 Å². The van der Waals surface area contributed by atoms with Crippen LogP contribution in [0.2, 0.25) is 20.4 Å². The van der Waals surface area contributed by atoms with Crippen molar-refractivity contribution in [1.82, 2.24) is 49.0 Å². The highest BCUT2D eigenvalue weighted by Gasteiger charge is 2.27. The van der Waals surface area contributed by atoms with E-state index in [1.165, 1.54) is 12.7 Å². The van der Waals surface area contributed by atoms with Gasteiger partial charge in [-0.05, 0) is 81.9 Å². The summed E-state index contributed by atoms with van der Waals surface area (Å²) < 4.78 is 16.4. The van der Waals surface area contributed by atoms with E-state index in [0.29, 0.717) is 78.4 Å². The quantitative estimate of drug-likeness (QED) is 0.0852. The molecule has 0 spiro atoms. The van der Waals surface area contributed by atoms with E-state index in [2.05, 4.69) is 39.9 Å². The van der Waals surface area contributed by atoms with Crippen LogP contribution in [0.5, 0.6) is 23.3 Å². The Labute approximate surface area is 420 Å². The summed E-state index contributed by atoms with van der Waals surface area (Å²) in [4.78, 5) is 50.5. The van der Waals surface area contributed by atoms with Crippen LogP contribution in [0.25, 0.3) is 34.5 Å². The molecule has 6 aromatic heterocycles. The molecule has 0 aliphatic rings. The number of pyridine rings is 2. The van der Waals surface area contributed by atoms with Gasteiger partial charge in [0.15, 0.2) is 28.1 Å². The number of carbonyl (C=O) groups excluding carboxylic acids is 1. The molecule has 0 bridgehead atoms. The Morgan fingerprint density at radius 1 is 0.500 bits per heavy atom. The van der Waals surface area contributed by atoms with Crippen molar-refractivity contribution in [1.29, 1.82) is 0 Å². The molecule has 2 unspecified atom stereocenters. The zero-order valence-corrected chi connectivity index (χ0v) is 39.6. The Morgan fingerprint density at radius 2 is 0.929 bits per heavy atom. The van der Waals surface area contributed by atoms with Crippen LogP contribution in [0.1, 0.15) is 45.2 Å². The maximum atomic E-state index is 15.3. The molecular formula is C53H36Cl4N10O3. The number of allylic oxidation sites excluding steroid dienone is 2. The minimum Gasteiger partial charge on any atom is -0.437 e. The first kappa shape index (κ1) is 45.9. The lowest BCUT2D eigenvalue weighted by atomic mass is 9.82. The summed E-state index contributed by atoms with van der Waals surface area (Å²) in [6.07, 6.45) is 17.1. The van der Waals surface area contributed by atoms with E-state index in [1.807, 2.05) is 118 Å². The topological polar surface area (TPSA) is 149 Å². The molecule has 0 fully saturated rings. The summed E-state index contributed by atoms with van der Waals surface area (Å²) in [7, 11) is 0.